The second-order valence-corrected chi connectivity index (χ2v) is 6.21. The summed E-state index contributed by atoms with van der Waals surface area (Å²) in [5, 5.41) is 3.71. The summed E-state index contributed by atoms with van der Waals surface area (Å²) < 4.78 is 14.1. The fourth-order valence-electron chi connectivity index (χ4n) is 3.33. The molecule has 1 heterocycles. The lowest BCUT2D eigenvalue weighted by molar-refractivity contribution is 0.251. The Labute approximate surface area is 115 Å². The molecule has 19 heavy (non-hydrogen) atoms. The Morgan fingerprint density at radius 2 is 2.11 bits per heavy atom. The van der Waals surface area contributed by atoms with Gasteiger partial charge in [-0.3, -0.25) is 0 Å². The second-order valence-electron chi connectivity index (χ2n) is 6.21. The monoisotopic (exact) mass is 262 g/mol. The predicted molar refractivity (Wildman–Crippen MR) is 77.0 cm³/mol. The van der Waals surface area contributed by atoms with Gasteiger partial charge in [0.05, 0.1) is 5.69 Å². The first-order valence-electron chi connectivity index (χ1n) is 7.40. The van der Waals surface area contributed by atoms with E-state index in [-0.39, 0.29) is 11.4 Å². The van der Waals surface area contributed by atoms with E-state index in [4.69, 9.17) is 0 Å². The normalized spacial score (nSPS) is 31.5. The zero-order valence-corrected chi connectivity index (χ0v) is 11.8. The summed E-state index contributed by atoms with van der Waals surface area (Å²) in [7, 11) is 0. The van der Waals surface area contributed by atoms with Crippen LogP contribution in [0.2, 0.25) is 0 Å². The van der Waals surface area contributed by atoms with E-state index in [1.54, 1.807) is 12.1 Å². The van der Waals surface area contributed by atoms with Crippen LogP contribution in [0.3, 0.4) is 0 Å². The molecule has 0 bridgehead atoms. The van der Waals surface area contributed by atoms with Crippen molar-refractivity contribution in [1.82, 2.24) is 5.32 Å². The Balaban J connectivity index is 1.89. The van der Waals surface area contributed by atoms with Gasteiger partial charge in [0.2, 0.25) is 0 Å². The molecule has 0 spiro atoms. The molecule has 104 valence electrons. The van der Waals surface area contributed by atoms with E-state index >= 15 is 0 Å². The van der Waals surface area contributed by atoms with Crippen LogP contribution in [0.5, 0.6) is 0 Å². The zero-order valence-electron chi connectivity index (χ0n) is 11.8. The van der Waals surface area contributed by atoms with E-state index < -0.39 is 0 Å². The van der Waals surface area contributed by atoms with Crippen LogP contribution in [-0.4, -0.2) is 24.7 Å². The van der Waals surface area contributed by atoms with Gasteiger partial charge in [-0.1, -0.05) is 19.1 Å². The highest BCUT2D eigenvalue weighted by atomic mass is 19.1. The SMILES string of the molecule is CCC1CNC(C)(C2CC2)CN1c1ccccc1F. The van der Waals surface area contributed by atoms with Gasteiger partial charge in [-0.15, -0.1) is 0 Å². The summed E-state index contributed by atoms with van der Waals surface area (Å²) in [4.78, 5) is 2.28. The van der Waals surface area contributed by atoms with Crippen molar-refractivity contribution in [3.8, 4) is 0 Å². The molecular formula is C16H23FN2. The average Bonchev–Trinajstić information content (AvgIpc) is 3.24. The minimum atomic E-state index is -0.0963. The van der Waals surface area contributed by atoms with Crippen LogP contribution in [-0.2, 0) is 0 Å². The van der Waals surface area contributed by atoms with Gasteiger partial charge in [0.15, 0.2) is 0 Å². The van der Waals surface area contributed by atoms with E-state index in [2.05, 4.69) is 24.1 Å². The summed E-state index contributed by atoms with van der Waals surface area (Å²) in [5.41, 5.74) is 0.913. The van der Waals surface area contributed by atoms with Crippen LogP contribution in [0, 0.1) is 11.7 Å². The average molecular weight is 262 g/mol. The molecular weight excluding hydrogens is 239 g/mol. The number of halogens is 1. The van der Waals surface area contributed by atoms with Gasteiger partial charge in [0, 0.05) is 24.7 Å². The number of hydrogen-bond donors (Lipinski definition) is 1. The maximum Gasteiger partial charge on any atom is 0.146 e. The summed E-state index contributed by atoms with van der Waals surface area (Å²) in [6, 6.07) is 7.57. The summed E-state index contributed by atoms with van der Waals surface area (Å²) in [6.45, 7) is 6.35. The lowest BCUT2D eigenvalue weighted by Crippen LogP contribution is -2.64. The Hall–Kier alpha value is -1.09. The third-order valence-electron chi connectivity index (χ3n) is 4.79. The largest absolute Gasteiger partial charge is 0.363 e. The number of hydrogen-bond acceptors (Lipinski definition) is 2. The first-order valence-corrected chi connectivity index (χ1v) is 7.40. The summed E-state index contributed by atoms with van der Waals surface area (Å²) >= 11 is 0. The van der Waals surface area contributed by atoms with E-state index in [1.807, 2.05) is 12.1 Å². The molecule has 2 atom stereocenters. The highest BCUT2D eigenvalue weighted by Gasteiger charge is 2.46. The molecule has 0 radical (unpaired) electrons. The van der Waals surface area contributed by atoms with Gasteiger partial charge in [0.1, 0.15) is 5.82 Å². The maximum absolute atomic E-state index is 14.1. The van der Waals surface area contributed by atoms with Crippen LogP contribution in [0.15, 0.2) is 24.3 Å². The van der Waals surface area contributed by atoms with Crippen molar-refractivity contribution in [3.05, 3.63) is 30.1 Å². The van der Waals surface area contributed by atoms with Gasteiger partial charge in [-0.05, 0) is 44.2 Å². The predicted octanol–water partition coefficient (Wildman–Crippen LogP) is 3.18. The van der Waals surface area contributed by atoms with Crippen LogP contribution in [0.1, 0.15) is 33.1 Å². The number of piperazine rings is 1. The third-order valence-corrected chi connectivity index (χ3v) is 4.79. The molecule has 1 N–H and O–H groups in total. The standard InChI is InChI=1S/C16H23FN2/c1-3-13-10-18-16(2,12-8-9-12)11-19(13)15-7-5-4-6-14(15)17/h4-7,12-13,18H,3,8-11H2,1-2H3. The molecule has 2 unspecified atom stereocenters. The lowest BCUT2D eigenvalue weighted by atomic mass is 9.90. The molecule has 3 rings (SSSR count). The highest BCUT2D eigenvalue weighted by Crippen LogP contribution is 2.42. The molecule has 2 nitrogen and oxygen atoms in total. The summed E-state index contributed by atoms with van der Waals surface area (Å²) in [5.74, 6) is 0.667. The molecule has 1 aliphatic heterocycles. The molecule has 1 saturated carbocycles. The minimum Gasteiger partial charge on any atom is -0.363 e. The number of nitrogens with one attached hydrogen (secondary N) is 1. The van der Waals surface area contributed by atoms with Crippen molar-refractivity contribution in [3.63, 3.8) is 0 Å². The van der Waals surface area contributed by atoms with E-state index in [9.17, 15) is 4.39 Å². The van der Waals surface area contributed by atoms with Crippen molar-refractivity contribution < 1.29 is 4.39 Å². The van der Waals surface area contributed by atoms with Crippen molar-refractivity contribution >= 4 is 5.69 Å². The van der Waals surface area contributed by atoms with Gasteiger partial charge < -0.3 is 10.2 Å². The molecule has 1 aromatic carbocycles. The Kier molecular flexibility index (Phi) is 3.25. The molecule has 1 saturated heterocycles. The molecule has 3 heteroatoms. The van der Waals surface area contributed by atoms with E-state index in [0.717, 1.165) is 31.1 Å². The minimum absolute atomic E-state index is 0.0963. The number of benzene rings is 1. The quantitative estimate of drug-likeness (QED) is 0.900. The number of nitrogens with zero attached hydrogens (tertiary/aromatic N) is 1. The Morgan fingerprint density at radius 3 is 2.74 bits per heavy atom. The third kappa shape index (κ3) is 2.36. The zero-order chi connectivity index (χ0) is 13.5. The topological polar surface area (TPSA) is 15.3 Å². The number of para-hydroxylation sites is 1. The van der Waals surface area contributed by atoms with Crippen LogP contribution in [0.4, 0.5) is 10.1 Å². The molecule has 2 aliphatic rings. The Bertz CT molecular complexity index is 458. The molecule has 0 aromatic heterocycles. The smallest absolute Gasteiger partial charge is 0.146 e. The highest BCUT2D eigenvalue weighted by molar-refractivity contribution is 5.50. The fourth-order valence-corrected chi connectivity index (χ4v) is 3.33. The van der Waals surface area contributed by atoms with Gasteiger partial charge in [-0.2, -0.15) is 0 Å². The molecule has 1 aromatic rings. The van der Waals surface area contributed by atoms with Gasteiger partial charge >= 0.3 is 0 Å². The van der Waals surface area contributed by atoms with Gasteiger partial charge in [0.25, 0.3) is 0 Å². The van der Waals surface area contributed by atoms with E-state index in [0.29, 0.717) is 6.04 Å². The molecule has 2 fully saturated rings. The van der Waals surface area contributed by atoms with Crippen LogP contribution >= 0.6 is 0 Å². The summed E-state index contributed by atoms with van der Waals surface area (Å²) in [6.07, 6.45) is 3.67. The first kappa shape index (κ1) is 12.9. The second kappa shape index (κ2) is 4.78. The first-order chi connectivity index (χ1) is 9.14. The fraction of sp³-hybridized carbons (Fsp3) is 0.625. The number of anilines is 1. The maximum atomic E-state index is 14.1. The van der Waals surface area contributed by atoms with Crippen molar-refractivity contribution in [2.24, 2.45) is 5.92 Å². The van der Waals surface area contributed by atoms with Crippen molar-refractivity contribution in [2.75, 3.05) is 18.0 Å². The number of rotatable bonds is 3. The van der Waals surface area contributed by atoms with Crippen LogP contribution in [0.25, 0.3) is 0 Å². The van der Waals surface area contributed by atoms with Crippen molar-refractivity contribution in [1.29, 1.82) is 0 Å². The Morgan fingerprint density at radius 1 is 1.37 bits per heavy atom. The van der Waals surface area contributed by atoms with E-state index in [1.165, 1.54) is 12.8 Å². The molecule has 1 aliphatic carbocycles. The van der Waals surface area contributed by atoms with Gasteiger partial charge in [-0.25, -0.2) is 4.39 Å². The lowest BCUT2D eigenvalue weighted by Gasteiger charge is -2.47. The van der Waals surface area contributed by atoms with Crippen LogP contribution < -0.4 is 10.2 Å². The van der Waals surface area contributed by atoms with Crippen molar-refractivity contribution in [2.45, 2.75) is 44.7 Å². The molecule has 0 amide bonds.